The Bertz CT molecular complexity index is 546. The summed E-state index contributed by atoms with van der Waals surface area (Å²) in [5.74, 6) is 0. The zero-order valence-corrected chi connectivity index (χ0v) is 10.9. The van der Waals surface area contributed by atoms with E-state index in [9.17, 15) is 4.79 Å². The number of anilines is 1. The first-order valence-corrected chi connectivity index (χ1v) is 5.45. The van der Waals surface area contributed by atoms with E-state index in [1.165, 1.54) is 0 Å². The van der Waals surface area contributed by atoms with Crippen LogP contribution in [0.25, 0.3) is 11.0 Å². The largest absolute Gasteiger partial charge is 0.456 e. The number of hydrogen-bond acceptors (Lipinski definition) is 3. The summed E-state index contributed by atoms with van der Waals surface area (Å²) in [6.45, 7) is 6.07. The van der Waals surface area contributed by atoms with Crippen LogP contribution in [0.2, 0.25) is 0 Å². The van der Waals surface area contributed by atoms with Gasteiger partial charge in [0.25, 0.3) is 0 Å². The Hall–Kier alpha value is -1.26. The summed E-state index contributed by atoms with van der Waals surface area (Å²) >= 11 is 0. The maximum atomic E-state index is 11.1. The normalized spacial score (nSPS) is 10.0. The topological polar surface area (TPSA) is 33.5 Å². The second kappa shape index (κ2) is 5.89. The van der Waals surface area contributed by atoms with Crippen molar-refractivity contribution < 1.29 is 21.2 Å². The molecule has 1 aromatic heterocycles. The van der Waals surface area contributed by atoms with Crippen LogP contribution in [0.5, 0.6) is 0 Å². The molecule has 0 aliphatic carbocycles. The molecule has 0 atom stereocenters. The zero-order valence-electron chi connectivity index (χ0n) is 9.82. The number of hydrogen-bond donors (Lipinski definition) is 0. The molecule has 0 unspecified atom stereocenters. The van der Waals surface area contributed by atoms with Crippen LogP contribution in [0, 0.1) is 6.07 Å². The van der Waals surface area contributed by atoms with Crippen LogP contribution in [0.15, 0.2) is 33.5 Å². The Morgan fingerprint density at radius 1 is 1.29 bits per heavy atom. The molecule has 0 saturated carbocycles. The van der Waals surface area contributed by atoms with Crippen LogP contribution in [-0.2, 0) is 16.8 Å². The van der Waals surface area contributed by atoms with Gasteiger partial charge in [0.05, 0.1) is 5.58 Å². The third-order valence-corrected chi connectivity index (χ3v) is 2.67. The van der Waals surface area contributed by atoms with Crippen molar-refractivity contribution in [1.29, 1.82) is 0 Å². The van der Waals surface area contributed by atoms with Crippen molar-refractivity contribution in [2.75, 3.05) is 18.0 Å². The summed E-state index contributed by atoms with van der Waals surface area (Å²) in [4.78, 5) is 13.3. The van der Waals surface area contributed by atoms with E-state index in [0.717, 1.165) is 24.2 Å². The van der Waals surface area contributed by atoms with Gasteiger partial charge in [-0.3, -0.25) is 4.79 Å². The van der Waals surface area contributed by atoms with Crippen LogP contribution < -0.4 is 10.5 Å². The summed E-state index contributed by atoms with van der Waals surface area (Å²) in [5, 5.41) is 0.899. The Morgan fingerprint density at radius 3 is 2.65 bits per heavy atom. The summed E-state index contributed by atoms with van der Waals surface area (Å²) in [7, 11) is 0. The van der Waals surface area contributed by atoms with Gasteiger partial charge in [-0.25, -0.2) is 6.07 Å². The molecule has 2 aromatic rings. The summed E-state index contributed by atoms with van der Waals surface area (Å²) in [6, 6.07) is 10.1. The van der Waals surface area contributed by atoms with Crippen molar-refractivity contribution in [3.05, 3.63) is 40.8 Å². The van der Waals surface area contributed by atoms with Crippen molar-refractivity contribution in [1.82, 2.24) is 0 Å². The van der Waals surface area contributed by atoms with Crippen LogP contribution in [0.3, 0.4) is 0 Å². The molecule has 1 aromatic carbocycles. The summed E-state index contributed by atoms with van der Waals surface area (Å²) < 4.78 is 5.10. The van der Waals surface area contributed by atoms with E-state index in [1.807, 2.05) is 18.2 Å². The quantitative estimate of drug-likeness (QED) is 0.637. The Kier molecular flexibility index (Phi) is 4.78. The smallest absolute Gasteiger partial charge is 0.241 e. The molecule has 1 radical (unpaired) electrons. The molecule has 0 bridgehead atoms. The van der Waals surface area contributed by atoms with Crippen LogP contribution in [0.4, 0.5) is 5.69 Å². The van der Waals surface area contributed by atoms with Gasteiger partial charge in [-0.2, -0.15) is 6.07 Å². The molecule has 1 heterocycles. The average Bonchev–Trinajstić information content (AvgIpc) is 2.30. The molecular weight excluding hydrogens is 261 g/mol. The predicted molar refractivity (Wildman–Crippen MR) is 64.9 cm³/mol. The van der Waals surface area contributed by atoms with E-state index in [2.05, 4.69) is 24.8 Å². The van der Waals surface area contributed by atoms with Gasteiger partial charge in [0, 0.05) is 35.6 Å². The third-order valence-electron chi connectivity index (χ3n) is 2.67. The second-order valence-electron chi connectivity index (χ2n) is 3.57. The second-order valence-corrected chi connectivity index (χ2v) is 3.57. The van der Waals surface area contributed by atoms with E-state index in [-0.39, 0.29) is 16.8 Å². The van der Waals surface area contributed by atoms with Gasteiger partial charge in [-0.05, 0) is 19.9 Å². The molecule has 0 aliphatic rings. The molecule has 0 aliphatic heterocycles. The SMILES string of the molecule is CCN(CC)c1ccc2c[c-]c(=O)oc2c1.[Co]. The Labute approximate surface area is 111 Å². The molecule has 0 saturated heterocycles. The third kappa shape index (κ3) is 2.89. The van der Waals surface area contributed by atoms with E-state index in [4.69, 9.17) is 4.42 Å². The molecule has 0 fully saturated rings. The number of fused-ring (bicyclic) bond motifs is 1. The summed E-state index contributed by atoms with van der Waals surface area (Å²) in [5.41, 5.74) is 1.27. The molecule has 0 spiro atoms. The van der Waals surface area contributed by atoms with Gasteiger partial charge >= 0.3 is 0 Å². The fraction of sp³-hybridized carbons (Fsp3) is 0.308. The van der Waals surface area contributed by atoms with Gasteiger partial charge < -0.3 is 9.32 Å². The maximum absolute atomic E-state index is 11.1. The number of benzene rings is 1. The van der Waals surface area contributed by atoms with Gasteiger partial charge in [0.2, 0.25) is 5.63 Å². The van der Waals surface area contributed by atoms with Gasteiger partial charge in [0.1, 0.15) is 0 Å². The first-order chi connectivity index (χ1) is 7.74. The molecule has 0 N–H and O–H groups in total. The van der Waals surface area contributed by atoms with E-state index in [1.54, 1.807) is 6.07 Å². The van der Waals surface area contributed by atoms with Crippen molar-refractivity contribution in [2.24, 2.45) is 0 Å². The number of nitrogens with zero attached hydrogens (tertiary/aromatic N) is 1. The van der Waals surface area contributed by atoms with Crippen LogP contribution in [0.1, 0.15) is 13.8 Å². The fourth-order valence-corrected chi connectivity index (χ4v) is 1.78. The van der Waals surface area contributed by atoms with Crippen molar-refractivity contribution in [2.45, 2.75) is 13.8 Å². The summed E-state index contributed by atoms with van der Waals surface area (Å²) in [6.07, 6.45) is 0. The van der Waals surface area contributed by atoms with Gasteiger partial charge in [0.15, 0.2) is 0 Å². The molecule has 17 heavy (non-hydrogen) atoms. The zero-order chi connectivity index (χ0) is 11.5. The molecular formula is C13H14CoNO2-. The molecule has 2 rings (SSSR count). The van der Waals surface area contributed by atoms with E-state index >= 15 is 0 Å². The van der Waals surface area contributed by atoms with Crippen LogP contribution >= 0.6 is 0 Å². The van der Waals surface area contributed by atoms with Crippen molar-refractivity contribution >= 4 is 16.7 Å². The van der Waals surface area contributed by atoms with E-state index < -0.39 is 5.63 Å². The minimum Gasteiger partial charge on any atom is -0.456 e. The minimum absolute atomic E-state index is 0. The van der Waals surface area contributed by atoms with Crippen LogP contribution in [-0.4, -0.2) is 13.1 Å². The predicted octanol–water partition coefficient (Wildman–Crippen LogP) is 2.44. The van der Waals surface area contributed by atoms with Gasteiger partial charge in [-0.1, -0.05) is 6.07 Å². The Morgan fingerprint density at radius 2 is 2.00 bits per heavy atom. The monoisotopic (exact) mass is 275 g/mol. The molecule has 3 nitrogen and oxygen atoms in total. The number of rotatable bonds is 3. The maximum Gasteiger partial charge on any atom is 0.241 e. The van der Waals surface area contributed by atoms with Crippen molar-refractivity contribution in [3.8, 4) is 0 Å². The Balaban J connectivity index is 0.00000144. The molecule has 4 heteroatoms. The standard InChI is InChI=1S/C13H14NO2.Co/c1-3-14(4-2)11-7-5-10-6-8-13(15)16-12(10)9-11;/h5-7,9H,3-4H2,1-2H3;/q-1;. The molecule has 93 valence electrons. The first kappa shape index (κ1) is 13.8. The fourth-order valence-electron chi connectivity index (χ4n) is 1.78. The molecule has 0 amide bonds. The van der Waals surface area contributed by atoms with E-state index in [0.29, 0.717) is 5.58 Å². The minimum atomic E-state index is -0.427. The van der Waals surface area contributed by atoms with Gasteiger partial charge in [-0.15, -0.1) is 11.5 Å². The first-order valence-electron chi connectivity index (χ1n) is 5.45. The average molecular weight is 275 g/mol. The van der Waals surface area contributed by atoms with Crippen molar-refractivity contribution in [3.63, 3.8) is 0 Å².